The van der Waals surface area contributed by atoms with E-state index < -0.39 is 68.6 Å². The molecule has 12 atom stereocenters. The second-order valence-electron chi connectivity index (χ2n) is 10.2. The first-order valence-electron chi connectivity index (χ1n) is 12.8. The number of nitrogens with one attached hydrogen (secondary N) is 3. The number of nitrogens with zero attached hydrogens (tertiary/aromatic N) is 4. The van der Waals surface area contributed by atoms with Crippen molar-refractivity contribution >= 4 is 55.6 Å². The average molecular weight is 653 g/mol. The molecule has 1 saturated carbocycles. The molecule has 21 heteroatoms. The van der Waals surface area contributed by atoms with E-state index in [0.717, 1.165) is 0 Å². The van der Waals surface area contributed by atoms with E-state index in [9.17, 15) is 19.4 Å². The highest BCUT2D eigenvalue weighted by Crippen LogP contribution is 2.58. The van der Waals surface area contributed by atoms with Gasteiger partial charge in [0, 0.05) is 18.2 Å². The van der Waals surface area contributed by atoms with Gasteiger partial charge in [-0.25, -0.2) is 14.5 Å². The number of aromatic nitrogens is 2. The smallest absolute Gasteiger partial charge is 0.386 e. The van der Waals surface area contributed by atoms with Crippen molar-refractivity contribution in [2.24, 2.45) is 16.6 Å². The lowest BCUT2D eigenvalue weighted by Crippen LogP contribution is -2.70. The minimum absolute atomic E-state index is 0.118. The van der Waals surface area contributed by atoms with Crippen molar-refractivity contribution in [3.05, 3.63) is 18.6 Å². The fraction of sp³-hybridized carbons (Fsp3) is 0.700. The number of thiol groups is 1. The number of carbonyl (C=O) groups is 1. The van der Waals surface area contributed by atoms with Gasteiger partial charge in [0.2, 0.25) is 0 Å². The molecule has 5 unspecified atom stereocenters. The number of hydrogen-bond acceptors (Lipinski definition) is 16. The lowest BCUT2D eigenvalue weighted by Gasteiger charge is -2.39. The van der Waals surface area contributed by atoms with Gasteiger partial charge in [0.05, 0.1) is 25.7 Å². The summed E-state index contributed by atoms with van der Waals surface area (Å²) in [6.45, 7) is -8.41. The second-order valence-corrected chi connectivity index (χ2v) is 15.9. The number of rotatable bonds is 3. The Labute approximate surface area is 244 Å². The largest absolute Gasteiger partial charge is 0.387 e. The van der Waals surface area contributed by atoms with Crippen LogP contribution in [0.1, 0.15) is 12.8 Å². The molecule has 5 aliphatic rings. The van der Waals surface area contributed by atoms with Crippen LogP contribution in [-0.4, -0.2) is 106 Å². The van der Waals surface area contributed by atoms with Gasteiger partial charge in [0.15, 0.2) is 12.3 Å². The number of hydrogen-bond donors (Lipinski definition) is 7. The molecule has 7 N–H and O–H groups in total. The number of amides is 1. The third kappa shape index (κ3) is 6.47. The Bertz CT molecular complexity index is 1270. The zero-order valence-electron chi connectivity index (χ0n) is 21.3. The number of anilines is 1. The highest BCUT2D eigenvalue weighted by atomic mass is 32.7. The molecule has 4 fully saturated rings. The van der Waals surface area contributed by atoms with Crippen molar-refractivity contribution in [3.63, 3.8) is 0 Å². The predicted molar refractivity (Wildman–Crippen MR) is 149 cm³/mol. The summed E-state index contributed by atoms with van der Waals surface area (Å²) in [7, 11) is 0. The molecule has 0 aromatic carbocycles. The molecule has 4 aliphatic heterocycles. The van der Waals surface area contributed by atoms with Crippen LogP contribution < -0.4 is 21.7 Å². The van der Waals surface area contributed by atoms with Crippen molar-refractivity contribution in [3.8, 4) is 0 Å². The Balaban J connectivity index is 1.22. The summed E-state index contributed by atoms with van der Waals surface area (Å²) in [6.07, 6.45) is -1.83. The number of nitrogens with two attached hydrogens (primary N) is 1. The van der Waals surface area contributed by atoms with E-state index in [1.807, 2.05) is 0 Å². The second kappa shape index (κ2) is 11.6. The number of aliphatic imine (C=N–C) groups is 1. The van der Waals surface area contributed by atoms with E-state index in [-0.39, 0.29) is 25.2 Å². The van der Waals surface area contributed by atoms with Gasteiger partial charge in [-0.3, -0.25) is 25.4 Å². The molecule has 0 spiro atoms. The summed E-state index contributed by atoms with van der Waals surface area (Å²) < 4.78 is 42.5. The first-order valence-corrected chi connectivity index (χ1v) is 18.1. The molecule has 6 rings (SSSR count). The Morgan fingerprint density at radius 3 is 2.85 bits per heavy atom. The van der Waals surface area contributed by atoms with E-state index in [4.69, 9.17) is 40.4 Å². The highest BCUT2D eigenvalue weighted by molar-refractivity contribution is 8.44. The van der Waals surface area contributed by atoms with Crippen molar-refractivity contribution in [2.75, 3.05) is 18.5 Å². The topological polar surface area (TPSA) is 224 Å². The zero-order chi connectivity index (χ0) is 28.9. The van der Waals surface area contributed by atoms with Crippen LogP contribution in [0.2, 0.25) is 0 Å². The van der Waals surface area contributed by atoms with E-state index >= 15 is 0 Å². The van der Waals surface area contributed by atoms with Crippen LogP contribution in [-0.2, 0) is 44.0 Å². The third-order valence-electron chi connectivity index (χ3n) is 7.45. The normalized spacial score (nSPS) is 46.5. The quantitative estimate of drug-likeness (QED) is 0.151. The van der Waals surface area contributed by atoms with Gasteiger partial charge in [-0.2, -0.15) is 0 Å². The maximum Gasteiger partial charge on any atom is 0.386 e. The van der Waals surface area contributed by atoms with Crippen molar-refractivity contribution < 1.29 is 42.2 Å². The number of fused-ring (bicyclic) bond motifs is 4. The van der Waals surface area contributed by atoms with Gasteiger partial charge in [-0.15, -0.1) is 0 Å². The fourth-order valence-corrected chi connectivity index (χ4v) is 8.60. The molecule has 5 heterocycles. The first kappa shape index (κ1) is 29.7. The standard InChI is InChI=1S/C20H30N8O9P2S2/c21-20-26-17-14(18(30)27-20)24-8-28(17)19-16-15(29)12(35-19)6-34-38(31,40)36-11-4-10(25-13-1-2-22-7-23-13)3-9(11)5-33-39(32,41)37-16/h1-2,7-12,14-17,19-20,26,29H,3-6,21H2,(H,27,30)(H,31,40)(H,32,41)(H,22,23,25)/t9-,10-,11+,12-,14?,15-,16-,17?,19-,20?,38?,39?/m1/s1. The Morgan fingerprint density at radius 1 is 1.24 bits per heavy atom. The van der Waals surface area contributed by atoms with Crippen LogP contribution in [0.3, 0.4) is 0 Å². The summed E-state index contributed by atoms with van der Waals surface area (Å²) in [4.78, 5) is 37.1. The molecule has 2 bridgehead atoms. The molecule has 1 amide bonds. The van der Waals surface area contributed by atoms with Gasteiger partial charge in [0.1, 0.15) is 42.9 Å². The molecule has 1 aliphatic carbocycles. The molecule has 41 heavy (non-hydrogen) atoms. The molecule has 1 aromatic heterocycles. The van der Waals surface area contributed by atoms with Crippen LogP contribution in [0.25, 0.3) is 0 Å². The highest BCUT2D eigenvalue weighted by Gasteiger charge is 2.55. The van der Waals surface area contributed by atoms with E-state index in [1.165, 1.54) is 17.6 Å². The van der Waals surface area contributed by atoms with Gasteiger partial charge < -0.3 is 43.8 Å². The fourth-order valence-electron chi connectivity index (χ4n) is 5.59. The van der Waals surface area contributed by atoms with Crippen LogP contribution in [0.15, 0.2) is 23.6 Å². The Kier molecular flexibility index (Phi) is 8.45. The number of ether oxygens (including phenoxy) is 1. The summed E-state index contributed by atoms with van der Waals surface area (Å²) in [5, 5.41) is 19.9. The third-order valence-corrected chi connectivity index (χ3v) is 10.6. The molecule has 226 valence electrons. The van der Waals surface area contributed by atoms with Crippen LogP contribution >= 0.6 is 25.8 Å². The monoisotopic (exact) mass is 652 g/mol. The molecule has 17 nitrogen and oxygen atoms in total. The van der Waals surface area contributed by atoms with Gasteiger partial charge in [-0.05, 0) is 30.7 Å². The van der Waals surface area contributed by atoms with Crippen LogP contribution in [0.4, 0.5) is 5.82 Å². The number of aliphatic hydroxyl groups is 1. The summed E-state index contributed by atoms with van der Waals surface area (Å²) in [5.41, 5.74) is 5.88. The van der Waals surface area contributed by atoms with Gasteiger partial charge >= 0.3 is 13.5 Å². The molecule has 0 radical (unpaired) electrons. The van der Waals surface area contributed by atoms with E-state index in [0.29, 0.717) is 18.7 Å². The summed E-state index contributed by atoms with van der Waals surface area (Å²) in [5.74, 6) is -0.169. The molecular weight excluding hydrogens is 622 g/mol. The SMILES string of the molecule is NC1NC(=O)C2N=CN([C@@H]3O[C@@H]4COP(O)(=S)O[C@H]5C[C@H](Nc6ccncn6)C[C@@H]5COP(=O)(S)O[C@@H]3[C@@H]4O)C2N1. The van der Waals surface area contributed by atoms with Crippen molar-refractivity contribution in [1.29, 1.82) is 0 Å². The van der Waals surface area contributed by atoms with Gasteiger partial charge in [-0.1, -0.05) is 12.2 Å². The molecule has 1 aromatic rings. The summed E-state index contributed by atoms with van der Waals surface area (Å²) in [6, 6.07) is 0.733. The lowest BCUT2D eigenvalue weighted by atomic mass is 10.1. The minimum atomic E-state index is -4.10. The number of carbonyl (C=O) groups excluding carboxylic acids is 1. The maximum atomic E-state index is 13.5. The molecular formula is C20H30N8O9P2S2. The van der Waals surface area contributed by atoms with Crippen LogP contribution in [0.5, 0.6) is 0 Å². The average Bonchev–Trinajstić information content (AvgIpc) is 3.57. The minimum Gasteiger partial charge on any atom is -0.387 e. The zero-order valence-corrected chi connectivity index (χ0v) is 24.8. The summed E-state index contributed by atoms with van der Waals surface area (Å²) >= 11 is 9.46. The van der Waals surface area contributed by atoms with E-state index in [1.54, 1.807) is 12.3 Å². The predicted octanol–water partition coefficient (Wildman–Crippen LogP) is -1.17. The maximum absolute atomic E-state index is 13.5. The number of aliphatic hydroxyl groups excluding tert-OH is 1. The lowest BCUT2D eigenvalue weighted by molar-refractivity contribution is -0.130. The van der Waals surface area contributed by atoms with Crippen molar-refractivity contribution in [1.82, 2.24) is 25.5 Å². The van der Waals surface area contributed by atoms with Crippen molar-refractivity contribution in [2.45, 2.75) is 68.0 Å². The van der Waals surface area contributed by atoms with Crippen LogP contribution in [0, 0.1) is 5.92 Å². The Morgan fingerprint density at radius 2 is 2.07 bits per heavy atom. The molecule has 3 saturated heterocycles. The van der Waals surface area contributed by atoms with E-state index in [2.05, 4.69) is 43.2 Å². The Hall–Kier alpha value is -1.31. The first-order chi connectivity index (χ1) is 19.5. The van der Waals surface area contributed by atoms with Gasteiger partial charge in [0.25, 0.3) is 5.91 Å².